The van der Waals surface area contributed by atoms with Gasteiger partial charge in [-0.05, 0) is 30.7 Å². The van der Waals surface area contributed by atoms with E-state index in [4.69, 9.17) is 17.3 Å². The zero-order valence-electron chi connectivity index (χ0n) is 5.98. The second-order valence-corrected chi connectivity index (χ2v) is 3.57. The molecule has 0 aliphatic rings. The lowest BCUT2D eigenvalue weighted by Crippen LogP contribution is -2.02. The Labute approximate surface area is 79.7 Å². The molecular formula is C8H9BrClN. The summed E-state index contributed by atoms with van der Waals surface area (Å²) >= 11 is 9.16. The van der Waals surface area contributed by atoms with Gasteiger partial charge in [0.25, 0.3) is 0 Å². The van der Waals surface area contributed by atoms with Gasteiger partial charge in [-0.1, -0.05) is 33.6 Å². The molecule has 0 aliphatic carbocycles. The van der Waals surface area contributed by atoms with Gasteiger partial charge in [0.2, 0.25) is 0 Å². The zero-order chi connectivity index (χ0) is 8.27. The molecule has 0 spiro atoms. The summed E-state index contributed by atoms with van der Waals surface area (Å²) in [5, 5.41) is 0.748. The molecule has 0 unspecified atom stereocenters. The summed E-state index contributed by atoms with van der Waals surface area (Å²) in [4.78, 5) is 0. The highest BCUT2D eigenvalue weighted by Gasteiger charge is 1.98. The Morgan fingerprint density at radius 3 is 2.73 bits per heavy atom. The highest BCUT2D eigenvalue weighted by atomic mass is 79.9. The van der Waals surface area contributed by atoms with Crippen LogP contribution in [0.25, 0.3) is 0 Å². The fourth-order valence-corrected chi connectivity index (χ4v) is 1.76. The predicted octanol–water partition coefficient (Wildman–Crippen LogP) is 2.60. The first-order chi connectivity index (χ1) is 5.24. The van der Waals surface area contributed by atoms with Crippen molar-refractivity contribution in [3.63, 3.8) is 0 Å². The van der Waals surface area contributed by atoms with Crippen LogP contribution in [0, 0.1) is 0 Å². The van der Waals surface area contributed by atoms with E-state index in [2.05, 4.69) is 15.9 Å². The van der Waals surface area contributed by atoms with Crippen molar-refractivity contribution < 1.29 is 0 Å². The Kier molecular flexibility index (Phi) is 3.37. The molecule has 0 fully saturated rings. The van der Waals surface area contributed by atoms with Crippen LogP contribution in [-0.4, -0.2) is 6.54 Å². The van der Waals surface area contributed by atoms with Crippen molar-refractivity contribution in [3.05, 3.63) is 33.3 Å². The van der Waals surface area contributed by atoms with E-state index >= 15 is 0 Å². The molecule has 2 N–H and O–H groups in total. The maximum absolute atomic E-state index is 5.76. The summed E-state index contributed by atoms with van der Waals surface area (Å²) in [6, 6.07) is 5.74. The second-order valence-electron chi connectivity index (χ2n) is 2.27. The van der Waals surface area contributed by atoms with Gasteiger partial charge >= 0.3 is 0 Å². The van der Waals surface area contributed by atoms with Gasteiger partial charge in [-0.3, -0.25) is 0 Å². The van der Waals surface area contributed by atoms with Crippen molar-refractivity contribution in [2.75, 3.05) is 6.54 Å². The van der Waals surface area contributed by atoms with Crippen LogP contribution in [0.5, 0.6) is 0 Å². The monoisotopic (exact) mass is 233 g/mol. The molecular weight excluding hydrogens is 225 g/mol. The van der Waals surface area contributed by atoms with Crippen molar-refractivity contribution >= 4 is 27.5 Å². The molecule has 0 aromatic heterocycles. The van der Waals surface area contributed by atoms with Gasteiger partial charge in [0.05, 0.1) is 0 Å². The van der Waals surface area contributed by atoms with Crippen LogP contribution in [0.1, 0.15) is 5.56 Å². The van der Waals surface area contributed by atoms with Gasteiger partial charge in [0, 0.05) is 9.50 Å². The van der Waals surface area contributed by atoms with Crippen molar-refractivity contribution in [2.24, 2.45) is 5.73 Å². The summed E-state index contributed by atoms with van der Waals surface area (Å²) in [6.45, 7) is 0.667. The van der Waals surface area contributed by atoms with Gasteiger partial charge in [-0.15, -0.1) is 0 Å². The zero-order valence-corrected chi connectivity index (χ0v) is 8.32. The summed E-state index contributed by atoms with van der Waals surface area (Å²) in [6.07, 6.45) is 0.887. The van der Waals surface area contributed by atoms with E-state index in [0.29, 0.717) is 6.54 Å². The summed E-state index contributed by atoms with van der Waals surface area (Å²) in [5.74, 6) is 0. The van der Waals surface area contributed by atoms with Gasteiger partial charge in [0.1, 0.15) is 0 Å². The Morgan fingerprint density at radius 1 is 1.45 bits per heavy atom. The van der Waals surface area contributed by atoms with Gasteiger partial charge < -0.3 is 5.73 Å². The molecule has 0 radical (unpaired) electrons. The molecule has 60 valence electrons. The van der Waals surface area contributed by atoms with Crippen LogP contribution in [0.2, 0.25) is 5.02 Å². The molecule has 3 heteroatoms. The second kappa shape index (κ2) is 4.10. The minimum Gasteiger partial charge on any atom is -0.330 e. The third-order valence-electron chi connectivity index (χ3n) is 1.43. The fourth-order valence-electron chi connectivity index (χ4n) is 0.880. The standard InChI is InChI=1S/C8H9BrClN/c9-8-5-7(10)2-1-6(8)3-4-11/h1-2,5H,3-4,11H2. The number of benzene rings is 1. The van der Waals surface area contributed by atoms with Crippen molar-refractivity contribution in [3.8, 4) is 0 Å². The fraction of sp³-hybridized carbons (Fsp3) is 0.250. The largest absolute Gasteiger partial charge is 0.330 e. The SMILES string of the molecule is NCCc1ccc(Cl)cc1Br. The van der Waals surface area contributed by atoms with Crippen LogP contribution >= 0.6 is 27.5 Å². The molecule has 1 nitrogen and oxygen atoms in total. The maximum atomic E-state index is 5.76. The molecule has 0 atom stereocenters. The lowest BCUT2D eigenvalue weighted by molar-refractivity contribution is 0.963. The minimum absolute atomic E-state index is 0.667. The number of nitrogens with two attached hydrogens (primary N) is 1. The van der Waals surface area contributed by atoms with E-state index in [-0.39, 0.29) is 0 Å². The van der Waals surface area contributed by atoms with E-state index in [0.717, 1.165) is 15.9 Å². The predicted molar refractivity (Wildman–Crippen MR) is 51.9 cm³/mol. The first kappa shape index (κ1) is 9.04. The summed E-state index contributed by atoms with van der Waals surface area (Å²) < 4.78 is 1.04. The highest BCUT2D eigenvalue weighted by molar-refractivity contribution is 9.10. The van der Waals surface area contributed by atoms with Gasteiger partial charge in [-0.25, -0.2) is 0 Å². The smallest absolute Gasteiger partial charge is 0.0417 e. The van der Waals surface area contributed by atoms with E-state index in [1.165, 1.54) is 5.56 Å². The van der Waals surface area contributed by atoms with Crippen molar-refractivity contribution in [1.82, 2.24) is 0 Å². The lowest BCUT2D eigenvalue weighted by Gasteiger charge is -2.01. The molecule has 0 amide bonds. The molecule has 0 saturated carbocycles. The Balaban J connectivity index is 2.90. The van der Waals surface area contributed by atoms with E-state index in [1.54, 1.807) is 0 Å². The summed E-state index contributed by atoms with van der Waals surface area (Å²) in [5.41, 5.74) is 6.62. The van der Waals surface area contributed by atoms with E-state index < -0.39 is 0 Å². The summed E-state index contributed by atoms with van der Waals surface area (Å²) in [7, 11) is 0. The minimum atomic E-state index is 0.667. The first-order valence-corrected chi connectivity index (χ1v) is 4.55. The molecule has 11 heavy (non-hydrogen) atoms. The average molecular weight is 235 g/mol. The van der Waals surface area contributed by atoms with E-state index in [9.17, 15) is 0 Å². The first-order valence-electron chi connectivity index (χ1n) is 3.38. The van der Waals surface area contributed by atoms with Crippen LogP contribution in [-0.2, 0) is 6.42 Å². The normalized spacial score (nSPS) is 10.1. The molecule has 0 saturated heterocycles. The Morgan fingerprint density at radius 2 is 2.18 bits per heavy atom. The van der Waals surface area contributed by atoms with E-state index in [1.807, 2.05) is 18.2 Å². The van der Waals surface area contributed by atoms with Crippen LogP contribution in [0.15, 0.2) is 22.7 Å². The molecule has 0 bridgehead atoms. The third kappa shape index (κ3) is 2.47. The van der Waals surface area contributed by atoms with Gasteiger partial charge in [0.15, 0.2) is 0 Å². The number of rotatable bonds is 2. The molecule has 0 heterocycles. The van der Waals surface area contributed by atoms with Gasteiger partial charge in [-0.2, -0.15) is 0 Å². The van der Waals surface area contributed by atoms with Crippen LogP contribution in [0.4, 0.5) is 0 Å². The molecule has 1 aromatic rings. The molecule has 1 aromatic carbocycles. The lowest BCUT2D eigenvalue weighted by atomic mass is 10.2. The van der Waals surface area contributed by atoms with Crippen LogP contribution < -0.4 is 5.73 Å². The number of hydrogen-bond donors (Lipinski definition) is 1. The van der Waals surface area contributed by atoms with Crippen molar-refractivity contribution in [2.45, 2.75) is 6.42 Å². The topological polar surface area (TPSA) is 26.0 Å². The number of halogens is 2. The molecule has 1 rings (SSSR count). The average Bonchev–Trinajstić information content (AvgIpc) is 1.95. The van der Waals surface area contributed by atoms with Crippen molar-refractivity contribution in [1.29, 1.82) is 0 Å². The Bertz CT molecular complexity index is 250. The maximum Gasteiger partial charge on any atom is 0.0417 e. The van der Waals surface area contributed by atoms with Crippen LogP contribution in [0.3, 0.4) is 0 Å². The third-order valence-corrected chi connectivity index (χ3v) is 2.40. The quantitative estimate of drug-likeness (QED) is 0.836. The Hall–Kier alpha value is -0.0500. The molecule has 0 aliphatic heterocycles. The number of hydrogen-bond acceptors (Lipinski definition) is 1. The highest BCUT2D eigenvalue weighted by Crippen LogP contribution is 2.21.